The molecule has 1 fully saturated rings. The summed E-state index contributed by atoms with van der Waals surface area (Å²) in [6.07, 6.45) is 2.81. The fourth-order valence-corrected chi connectivity index (χ4v) is 3.83. The van der Waals surface area contributed by atoms with E-state index < -0.39 is 5.97 Å². The zero-order chi connectivity index (χ0) is 18.5. The Morgan fingerprint density at radius 1 is 1.04 bits per heavy atom. The van der Waals surface area contributed by atoms with Gasteiger partial charge >= 0.3 is 5.97 Å². The van der Waals surface area contributed by atoms with Gasteiger partial charge in [0.2, 0.25) is 5.91 Å². The molecule has 0 bridgehead atoms. The van der Waals surface area contributed by atoms with Crippen LogP contribution < -0.4 is 0 Å². The molecule has 1 saturated heterocycles. The number of carbonyl (C=O) groups is 2. The van der Waals surface area contributed by atoms with Gasteiger partial charge in [0.15, 0.2) is 0 Å². The van der Waals surface area contributed by atoms with Gasteiger partial charge in [-0.3, -0.25) is 4.79 Å². The van der Waals surface area contributed by atoms with Crippen LogP contribution in [0.25, 0.3) is 0 Å². The molecule has 0 saturated carbocycles. The SMILES string of the molecule is Cc1ccccc1C1CCN(C(=O)CCc2ccccc2C(=O)O)CC1. The highest BCUT2D eigenvalue weighted by atomic mass is 16.4. The molecule has 1 amide bonds. The van der Waals surface area contributed by atoms with Gasteiger partial charge in [-0.25, -0.2) is 4.79 Å². The first-order valence-corrected chi connectivity index (χ1v) is 9.20. The molecule has 1 aliphatic heterocycles. The van der Waals surface area contributed by atoms with Gasteiger partial charge in [0.1, 0.15) is 0 Å². The van der Waals surface area contributed by atoms with Crippen molar-refractivity contribution in [1.29, 1.82) is 0 Å². The standard InChI is InChI=1S/C22H25NO3/c1-16-6-2-4-8-19(16)18-12-14-23(15-13-18)21(24)11-10-17-7-3-5-9-20(17)22(25)26/h2-9,18H,10-15H2,1H3,(H,25,26). The summed E-state index contributed by atoms with van der Waals surface area (Å²) in [5, 5.41) is 9.24. The zero-order valence-electron chi connectivity index (χ0n) is 15.1. The fourth-order valence-electron chi connectivity index (χ4n) is 3.83. The molecule has 4 heteroatoms. The van der Waals surface area contributed by atoms with Crippen LogP contribution in [0.2, 0.25) is 0 Å². The fraction of sp³-hybridized carbons (Fsp3) is 0.364. The number of hydrogen-bond acceptors (Lipinski definition) is 2. The predicted molar refractivity (Wildman–Crippen MR) is 101 cm³/mol. The second-order valence-corrected chi connectivity index (χ2v) is 6.97. The summed E-state index contributed by atoms with van der Waals surface area (Å²) in [4.78, 5) is 25.7. The van der Waals surface area contributed by atoms with E-state index in [2.05, 4.69) is 31.2 Å². The highest BCUT2D eigenvalue weighted by Crippen LogP contribution is 2.30. The van der Waals surface area contributed by atoms with Gasteiger partial charge in [-0.1, -0.05) is 42.5 Å². The number of carboxylic acid groups (broad SMARTS) is 1. The lowest BCUT2D eigenvalue weighted by atomic mass is 9.87. The van der Waals surface area contributed by atoms with E-state index in [0.717, 1.165) is 31.5 Å². The first kappa shape index (κ1) is 18.2. The maximum atomic E-state index is 12.5. The molecule has 26 heavy (non-hydrogen) atoms. The summed E-state index contributed by atoms with van der Waals surface area (Å²) < 4.78 is 0. The number of likely N-dealkylation sites (tertiary alicyclic amines) is 1. The molecular formula is C22H25NO3. The molecule has 2 aromatic rings. The summed E-state index contributed by atoms with van der Waals surface area (Å²) >= 11 is 0. The molecule has 2 aromatic carbocycles. The second-order valence-electron chi connectivity index (χ2n) is 6.97. The normalized spacial score (nSPS) is 15.0. The van der Waals surface area contributed by atoms with E-state index in [-0.39, 0.29) is 5.91 Å². The van der Waals surface area contributed by atoms with Crippen LogP contribution >= 0.6 is 0 Å². The van der Waals surface area contributed by atoms with E-state index in [1.165, 1.54) is 11.1 Å². The smallest absolute Gasteiger partial charge is 0.335 e. The van der Waals surface area contributed by atoms with E-state index in [9.17, 15) is 14.7 Å². The molecule has 4 nitrogen and oxygen atoms in total. The van der Waals surface area contributed by atoms with E-state index >= 15 is 0 Å². The van der Waals surface area contributed by atoms with Gasteiger partial charge in [-0.15, -0.1) is 0 Å². The molecule has 136 valence electrons. The van der Waals surface area contributed by atoms with Gasteiger partial charge in [0.25, 0.3) is 0 Å². The number of rotatable bonds is 5. The lowest BCUT2D eigenvalue weighted by molar-refractivity contribution is -0.132. The van der Waals surface area contributed by atoms with Crippen LogP contribution in [0.4, 0.5) is 0 Å². The average Bonchev–Trinajstić information content (AvgIpc) is 2.67. The monoisotopic (exact) mass is 351 g/mol. The Bertz CT molecular complexity index is 791. The maximum absolute atomic E-state index is 12.5. The van der Waals surface area contributed by atoms with Crippen molar-refractivity contribution >= 4 is 11.9 Å². The first-order valence-electron chi connectivity index (χ1n) is 9.20. The average molecular weight is 351 g/mol. The predicted octanol–water partition coefficient (Wildman–Crippen LogP) is 4.03. The van der Waals surface area contributed by atoms with E-state index in [0.29, 0.717) is 24.3 Å². The van der Waals surface area contributed by atoms with Gasteiger partial charge in [-0.05, 0) is 54.9 Å². The van der Waals surface area contributed by atoms with E-state index in [1.54, 1.807) is 18.2 Å². The zero-order valence-corrected chi connectivity index (χ0v) is 15.1. The first-order chi connectivity index (χ1) is 12.6. The molecule has 0 unspecified atom stereocenters. The number of hydrogen-bond donors (Lipinski definition) is 1. The Morgan fingerprint density at radius 2 is 1.69 bits per heavy atom. The van der Waals surface area contributed by atoms with Crippen molar-refractivity contribution < 1.29 is 14.7 Å². The molecule has 1 N–H and O–H groups in total. The summed E-state index contributed by atoms with van der Waals surface area (Å²) in [7, 11) is 0. The van der Waals surface area contributed by atoms with E-state index in [1.807, 2.05) is 11.0 Å². The Kier molecular flexibility index (Phi) is 5.71. The second kappa shape index (κ2) is 8.17. The Balaban J connectivity index is 1.55. The number of benzene rings is 2. The molecule has 0 radical (unpaired) electrons. The Hall–Kier alpha value is -2.62. The van der Waals surface area contributed by atoms with Crippen molar-refractivity contribution in [2.24, 2.45) is 0 Å². The number of carbonyl (C=O) groups excluding carboxylic acids is 1. The Morgan fingerprint density at radius 3 is 2.38 bits per heavy atom. The van der Waals surface area contributed by atoms with Crippen LogP contribution in [0.3, 0.4) is 0 Å². The molecule has 1 aliphatic rings. The number of amides is 1. The number of carboxylic acids is 1. The van der Waals surface area contributed by atoms with Crippen molar-refractivity contribution in [1.82, 2.24) is 4.90 Å². The van der Waals surface area contributed by atoms with Crippen molar-refractivity contribution in [3.05, 3.63) is 70.8 Å². The summed E-state index contributed by atoms with van der Waals surface area (Å²) in [5.74, 6) is -0.298. The number of aromatic carboxylic acids is 1. The van der Waals surface area contributed by atoms with Gasteiger partial charge in [0.05, 0.1) is 5.56 Å². The van der Waals surface area contributed by atoms with Gasteiger partial charge < -0.3 is 10.0 Å². The molecule has 0 aromatic heterocycles. The molecule has 0 atom stereocenters. The van der Waals surface area contributed by atoms with Crippen LogP contribution in [-0.4, -0.2) is 35.0 Å². The number of aryl methyl sites for hydroxylation is 2. The van der Waals surface area contributed by atoms with Gasteiger partial charge in [0, 0.05) is 19.5 Å². The molecular weight excluding hydrogens is 326 g/mol. The molecule has 1 heterocycles. The minimum Gasteiger partial charge on any atom is -0.478 e. The van der Waals surface area contributed by atoms with Crippen molar-refractivity contribution in [3.63, 3.8) is 0 Å². The van der Waals surface area contributed by atoms with Crippen LogP contribution in [0, 0.1) is 6.92 Å². The summed E-state index contributed by atoms with van der Waals surface area (Å²) in [6, 6.07) is 15.4. The van der Waals surface area contributed by atoms with Crippen LogP contribution in [0.15, 0.2) is 48.5 Å². The molecule has 3 rings (SSSR count). The lowest BCUT2D eigenvalue weighted by Crippen LogP contribution is -2.38. The van der Waals surface area contributed by atoms with Crippen LogP contribution in [0.1, 0.15) is 52.2 Å². The third-order valence-electron chi connectivity index (χ3n) is 5.33. The quantitative estimate of drug-likeness (QED) is 0.885. The highest BCUT2D eigenvalue weighted by Gasteiger charge is 2.24. The minimum absolute atomic E-state index is 0.119. The third-order valence-corrected chi connectivity index (χ3v) is 5.33. The molecule has 0 spiro atoms. The van der Waals surface area contributed by atoms with Crippen molar-refractivity contribution in [2.75, 3.05) is 13.1 Å². The lowest BCUT2D eigenvalue weighted by Gasteiger charge is -2.33. The summed E-state index contributed by atoms with van der Waals surface area (Å²) in [6.45, 7) is 3.70. The van der Waals surface area contributed by atoms with Crippen molar-refractivity contribution in [2.45, 2.75) is 38.5 Å². The summed E-state index contributed by atoms with van der Waals surface area (Å²) in [5.41, 5.74) is 3.74. The van der Waals surface area contributed by atoms with Crippen molar-refractivity contribution in [3.8, 4) is 0 Å². The molecule has 0 aliphatic carbocycles. The highest BCUT2D eigenvalue weighted by molar-refractivity contribution is 5.89. The van der Waals surface area contributed by atoms with Crippen LogP contribution in [-0.2, 0) is 11.2 Å². The third kappa shape index (κ3) is 4.13. The van der Waals surface area contributed by atoms with E-state index in [4.69, 9.17) is 0 Å². The number of piperidine rings is 1. The van der Waals surface area contributed by atoms with Gasteiger partial charge in [-0.2, -0.15) is 0 Å². The largest absolute Gasteiger partial charge is 0.478 e. The maximum Gasteiger partial charge on any atom is 0.335 e. The van der Waals surface area contributed by atoms with Crippen LogP contribution in [0.5, 0.6) is 0 Å². The minimum atomic E-state index is -0.938. The number of nitrogens with zero attached hydrogens (tertiary/aromatic N) is 1. The topological polar surface area (TPSA) is 57.6 Å². The Labute approximate surface area is 154 Å².